The minimum atomic E-state index is 0.188. The molecule has 22 heavy (non-hydrogen) atoms. The average Bonchev–Trinajstić information content (AvgIpc) is 3.00. The number of ketones is 1. The molecule has 0 aliphatic heterocycles. The molecule has 0 spiro atoms. The molecule has 0 amide bonds. The summed E-state index contributed by atoms with van der Waals surface area (Å²) in [6.45, 7) is 4.14. The maximum absolute atomic E-state index is 12.4. The van der Waals surface area contributed by atoms with Crippen LogP contribution >= 0.6 is 11.3 Å². The fraction of sp³-hybridized carbons (Fsp3) is 0.150. The van der Waals surface area contributed by atoms with E-state index in [0.717, 1.165) is 15.3 Å². The molecule has 0 saturated carbocycles. The minimum Gasteiger partial charge on any atom is -0.293 e. The highest BCUT2D eigenvalue weighted by Crippen LogP contribution is 2.29. The fourth-order valence-corrected chi connectivity index (χ4v) is 3.36. The fourth-order valence-electron chi connectivity index (χ4n) is 2.42. The normalized spacial score (nSPS) is 10.6. The SMILES string of the molecule is Cc1ccc(CC(=O)c2ccc(-c3cccc(C)c3)s2)cc1. The first-order valence-corrected chi connectivity index (χ1v) is 8.19. The van der Waals surface area contributed by atoms with Crippen LogP contribution in [0.1, 0.15) is 26.4 Å². The molecule has 110 valence electrons. The Labute approximate surface area is 135 Å². The third kappa shape index (κ3) is 3.34. The summed E-state index contributed by atoms with van der Waals surface area (Å²) < 4.78 is 0. The summed E-state index contributed by atoms with van der Waals surface area (Å²) in [7, 11) is 0. The summed E-state index contributed by atoms with van der Waals surface area (Å²) in [6, 6.07) is 20.5. The first kappa shape index (κ1) is 14.7. The van der Waals surface area contributed by atoms with E-state index in [1.54, 1.807) is 11.3 Å². The average molecular weight is 306 g/mol. The molecule has 1 nitrogen and oxygen atoms in total. The second-order valence-corrected chi connectivity index (χ2v) is 6.70. The molecule has 0 aliphatic carbocycles. The Bertz CT molecular complexity index is 797. The van der Waals surface area contributed by atoms with E-state index in [1.165, 1.54) is 16.7 Å². The van der Waals surface area contributed by atoms with Crippen molar-refractivity contribution >= 4 is 17.1 Å². The number of hydrogen-bond acceptors (Lipinski definition) is 2. The van der Waals surface area contributed by atoms with Gasteiger partial charge in [0, 0.05) is 11.3 Å². The lowest BCUT2D eigenvalue weighted by Crippen LogP contribution is -2.00. The zero-order valence-electron chi connectivity index (χ0n) is 12.8. The molecule has 0 unspecified atom stereocenters. The van der Waals surface area contributed by atoms with Crippen molar-refractivity contribution in [2.45, 2.75) is 20.3 Å². The van der Waals surface area contributed by atoms with Crippen LogP contribution in [0.5, 0.6) is 0 Å². The number of Topliss-reactive ketones (excluding diaryl/α,β-unsaturated/α-hetero) is 1. The van der Waals surface area contributed by atoms with Gasteiger partial charge in [-0.2, -0.15) is 0 Å². The van der Waals surface area contributed by atoms with Crippen LogP contribution in [0.3, 0.4) is 0 Å². The van der Waals surface area contributed by atoms with Crippen molar-refractivity contribution in [3.8, 4) is 10.4 Å². The van der Waals surface area contributed by atoms with Gasteiger partial charge >= 0.3 is 0 Å². The quantitative estimate of drug-likeness (QED) is 0.585. The third-order valence-corrected chi connectivity index (χ3v) is 4.84. The van der Waals surface area contributed by atoms with Crippen molar-refractivity contribution in [3.63, 3.8) is 0 Å². The van der Waals surface area contributed by atoms with E-state index >= 15 is 0 Å². The van der Waals surface area contributed by atoms with Gasteiger partial charge in [-0.1, -0.05) is 59.7 Å². The van der Waals surface area contributed by atoms with Crippen LogP contribution in [-0.4, -0.2) is 5.78 Å². The van der Waals surface area contributed by atoms with E-state index in [1.807, 2.05) is 24.3 Å². The molecule has 3 aromatic rings. The van der Waals surface area contributed by atoms with Gasteiger partial charge in [0.2, 0.25) is 0 Å². The van der Waals surface area contributed by atoms with Crippen LogP contribution in [0.2, 0.25) is 0 Å². The predicted octanol–water partition coefficient (Wildman–Crippen LogP) is 5.46. The molecule has 1 aromatic heterocycles. The van der Waals surface area contributed by atoms with Crippen molar-refractivity contribution in [3.05, 3.63) is 82.2 Å². The number of carbonyl (C=O) groups excluding carboxylic acids is 1. The maximum atomic E-state index is 12.4. The number of benzene rings is 2. The highest BCUT2D eigenvalue weighted by Gasteiger charge is 2.11. The number of hydrogen-bond donors (Lipinski definition) is 0. The van der Waals surface area contributed by atoms with Gasteiger partial charge in [-0.25, -0.2) is 0 Å². The van der Waals surface area contributed by atoms with E-state index in [9.17, 15) is 4.79 Å². The van der Waals surface area contributed by atoms with Crippen LogP contribution in [0.4, 0.5) is 0 Å². The number of rotatable bonds is 4. The lowest BCUT2D eigenvalue weighted by Gasteiger charge is -2.00. The first-order valence-electron chi connectivity index (χ1n) is 7.37. The summed E-state index contributed by atoms with van der Waals surface area (Å²) in [5.74, 6) is 0.188. The highest BCUT2D eigenvalue weighted by molar-refractivity contribution is 7.17. The van der Waals surface area contributed by atoms with E-state index in [2.05, 4.69) is 50.2 Å². The zero-order chi connectivity index (χ0) is 15.5. The summed E-state index contributed by atoms with van der Waals surface area (Å²) >= 11 is 1.58. The summed E-state index contributed by atoms with van der Waals surface area (Å²) in [5, 5.41) is 0. The van der Waals surface area contributed by atoms with Crippen molar-refractivity contribution in [2.24, 2.45) is 0 Å². The van der Waals surface area contributed by atoms with E-state index in [-0.39, 0.29) is 5.78 Å². The number of carbonyl (C=O) groups is 1. The summed E-state index contributed by atoms with van der Waals surface area (Å²) in [6.07, 6.45) is 0.466. The maximum Gasteiger partial charge on any atom is 0.177 e. The lowest BCUT2D eigenvalue weighted by atomic mass is 10.1. The molecule has 3 rings (SSSR count). The van der Waals surface area contributed by atoms with Crippen molar-refractivity contribution < 1.29 is 4.79 Å². The Balaban J connectivity index is 1.78. The number of thiophene rings is 1. The second kappa shape index (κ2) is 6.29. The molecule has 1 heterocycles. The summed E-state index contributed by atoms with van der Waals surface area (Å²) in [4.78, 5) is 14.4. The Hall–Kier alpha value is -2.19. The molecule has 0 N–H and O–H groups in total. The van der Waals surface area contributed by atoms with Crippen LogP contribution < -0.4 is 0 Å². The van der Waals surface area contributed by atoms with Crippen LogP contribution in [0, 0.1) is 13.8 Å². The van der Waals surface area contributed by atoms with E-state index in [4.69, 9.17) is 0 Å². The van der Waals surface area contributed by atoms with Gasteiger partial charge in [0.1, 0.15) is 0 Å². The van der Waals surface area contributed by atoms with Crippen molar-refractivity contribution in [1.82, 2.24) is 0 Å². The standard InChI is InChI=1S/C20H18OS/c1-14-6-8-16(9-7-14)13-18(21)20-11-10-19(22-20)17-5-3-4-15(2)12-17/h3-12H,13H2,1-2H3. The van der Waals surface area contributed by atoms with Crippen molar-refractivity contribution in [2.75, 3.05) is 0 Å². The molecule has 0 aliphatic rings. The molecule has 0 fully saturated rings. The van der Waals surface area contributed by atoms with Crippen molar-refractivity contribution in [1.29, 1.82) is 0 Å². The topological polar surface area (TPSA) is 17.1 Å². The molecule has 2 heteroatoms. The van der Waals surface area contributed by atoms with Gasteiger partial charge in [-0.15, -0.1) is 11.3 Å². The van der Waals surface area contributed by atoms with E-state index in [0.29, 0.717) is 6.42 Å². The first-order chi connectivity index (χ1) is 10.6. The molecule has 0 atom stereocenters. The Morgan fingerprint density at radius 1 is 0.909 bits per heavy atom. The largest absolute Gasteiger partial charge is 0.293 e. The number of aryl methyl sites for hydroxylation is 2. The Kier molecular flexibility index (Phi) is 4.21. The second-order valence-electron chi connectivity index (χ2n) is 5.62. The van der Waals surface area contributed by atoms with Gasteiger partial charge in [0.05, 0.1) is 4.88 Å². The molecule has 0 bridgehead atoms. The molecular weight excluding hydrogens is 288 g/mol. The third-order valence-electron chi connectivity index (χ3n) is 3.67. The molecular formula is C20H18OS. The lowest BCUT2D eigenvalue weighted by molar-refractivity contribution is 0.0997. The predicted molar refractivity (Wildman–Crippen MR) is 93.7 cm³/mol. The van der Waals surface area contributed by atoms with Gasteiger partial charge in [0.15, 0.2) is 5.78 Å². The smallest absolute Gasteiger partial charge is 0.177 e. The monoisotopic (exact) mass is 306 g/mol. The molecule has 0 radical (unpaired) electrons. The molecule has 2 aromatic carbocycles. The Morgan fingerprint density at radius 3 is 2.41 bits per heavy atom. The van der Waals surface area contributed by atoms with Gasteiger partial charge in [0.25, 0.3) is 0 Å². The highest BCUT2D eigenvalue weighted by atomic mass is 32.1. The van der Waals surface area contributed by atoms with Crippen LogP contribution in [-0.2, 0) is 6.42 Å². The zero-order valence-corrected chi connectivity index (χ0v) is 13.6. The molecule has 0 saturated heterocycles. The van der Waals surface area contributed by atoms with Crippen LogP contribution in [0.25, 0.3) is 10.4 Å². The van der Waals surface area contributed by atoms with E-state index < -0.39 is 0 Å². The van der Waals surface area contributed by atoms with Gasteiger partial charge < -0.3 is 0 Å². The minimum absolute atomic E-state index is 0.188. The van der Waals surface area contributed by atoms with Gasteiger partial charge in [-0.05, 0) is 37.1 Å². The van der Waals surface area contributed by atoms with Crippen LogP contribution in [0.15, 0.2) is 60.7 Å². The van der Waals surface area contributed by atoms with Gasteiger partial charge in [-0.3, -0.25) is 4.79 Å². The Morgan fingerprint density at radius 2 is 1.68 bits per heavy atom. The summed E-state index contributed by atoms with van der Waals surface area (Å²) in [5.41, 5.74) is 4.70.